The van der Waals surface area contributed by atoms with Crippen molar-refractivity contribution in [3.05, 3.63) is 24.0 Å². The topological polar surface area (TPSA) is 82.5 Å². The number of rotatable bonds is 2. The van der Waals surface area contributed by atoms with E-state index in [4.69, 9.17) is 5.11 Å². The lowest BCUT2D eigenvalue weighted by Crippen LogP contribution is -2.36. The van der Waals surface area contributed by atoms with Crippen molar-refractivity contribution in [2.24, 2.45) is 0 Å². The second kappa shape index (κ2) is 6.17. The first-order chi connectivity index (χ1) is 9.18. The van der Waals surface area contributed by atoms with Gasteiger partial charge in [-0.15, -0.1) is 0 Å². The molecule has 0 saturated carbocycles. The van der Waals surface area contributed by atoms with Gasteiger partial charge in [-0.05, 0) is 25.0 Å². The highest BCUT2D eigenvalue weighted by Gasteiger charge is 2.18. The Morgan fingerprint density at radius 3 is 2.53 bits per heavy atom. The van der Waals surface area contributed by atoms with Gasteiger partial charge in [0.2, 0.25) is 0 Å². The van der Waals surface area contributed by atoms with Gasteiger partial charge in [0.25, 0.3) is 0 Å². The van der Waals surface area contributed by atoms with Gasteiger partial charge in [-0.2, -0.15) is 0 Å². The third kappa shape index (κ3) is 3.43. The van der Waals surface area contributed by atoms with Crippen LogP contribution >= 0.6 is 0 Å². The van der Waals surface area contributed by atoms with E-state index in [9.17, 15) is 9.59 Å². The Morgan fingerprint density at radius 1 is 1.21 bits per heavy atom. The van der Waals surface area contributed by atoms with Crippen LogP contribution in [0.1, 0.15) is 36.2 Å². The maximum atomic E-state index is 12.1. The van der Waals surface area contributed by atoms with Gasteiger partial charge < -0.3 is 15.3 Å². The zero-order valence-electron chi connectivity index (χ0n) is 10.6. The molecule has 0 unspecified atom stereocenters. The van der Waals surface area contributed by atoms with E-state index in [0.29, 0.717) is 13.1 Å². The van der Waals surface area contributed by atoms with Gasteiger partial charge in [-0.1, -0.05) is 12.8 Å². The molecule has 1 saturated heterocycles. The maximum absolute atomic E-state index is 12.1. The number of hydrogen-bond acceptors (Lipinski definition) is 3. The summed E-state index contributed by atoms with van der Waals surface area (Å²) in [6.45, 7) is 1.43. The molecule has 2 heterocycles. The summed E-state index contributed by atoms with van der Waals surface area (Å²) in [4.78, 5) is 28.6. The summed E-state index contributed by atoms with van der Waals surface area (Å²) in [5.41, 5.74) is 0.106. The van der Waals surface area contributed by atoms with Gasteiger partial charge in [-0.3, -0.25) is 0 Å². The largest absolute Gasteiger partial charge is 0.476 e. The fourth-order valence-corrected chi connectivity index (χ4v) is 2.14. The molecule has 2 amide bonds. The number of urea groups is 1. The molecule has 1 aliphatic rings. The molecular weight excluding hydrogens is 246 g/mol. The number of nitrogens with zero attached hydrogens (tertiary/aromatic N) is 2. The molecule has 6 heteroatoms. The lowest BCUT2D eigenvalue weighted by atomic mass is 10.2. The monoisotopic (exact) mass is 263 g/mol. The Kier molecular flexibility index (Phi) is 4.33. The summed E-state index contributed by atoms with van der Waals surface area (Å²) in [7, 11) is 0. The molecule has 1 aromatic rings. The lowest BCUT2D eigenvalue weighted by Gasteiger charge is -2.21. The van der Waals surface area contributed by atoms with Crippen molar-refractivity contribution in [1.29, 1.82) is 0 Å². The highest BCUT2D eigenvalue weighted by Crippen LogP contribution is 2.15. The molecule has 0 spiro atoms. The molecule has 0 radical (unpaired) electrons. The first-order valence-electron chi connectivity index (χ1n) is 6.43. The molecule has 6 nitrogen and oxygen atoms in total. The lowest BCUT2D eigenvalue weighted by molar-refractivity contribution is 0.0691. The number of carboxylic acids is 1. The quantitative estimate of drug-likeness (QED) is 0.856. The summed E-state index contributed by atoms with van der Waals surface area (Å²) in [5, 5.41) is 11.6. The number of pyridine rings is 1. The number of carbonyl (C=O) groups excluding carboxylic acids is 1. The van der Waals surface area contributed by atoms with Crippen LogP contribution in [0.2, 0.25) is 0 Å². The Bertz CT molecular complexity index is 468. The summed E-state index contributed by atoms with van der Waals surface area (Å²) < 4.78 is 0. The number of carbonyl (C=O) groups is 2. The molecule has 1 fully saturated rings. The van der Waals surface area contributed by atoms with E-state index in [2.05, 4.69) is 10.3 Å². The number of hydrogen-bond donors (Lipinski definition) is 2. The molecule has 0 aromatic carbocycles. The van der Waals surface area contributed by atoms with Gasteiger partial charge >= 0.3 is 12.0 Å². The van der Waals surface area contributed by atoms with E-state index in [-0.39, 0.29) is 17.4 Å². The summed E-state index contributed by atoms with van der Waals surface area (Å²) in [6, 6.07) is 2.90. The molecule has 2 rings (SSSR count). The van der Waals surface area contributed by atoms with Gasteiger partial charge in [-0.25, -0.2) is 14.6 Å². The predicted octanol–water partition coefficient (Wildman–Crippen LogP) is 2.19. The van der Waals surface area contributed by atoms with Crippen molar-refractivity contribution in [2.75, 3.05) is 18.4 Å². The minimum atomic E-state index is -1.15. The molecule has 1 aliphatic heterocycles. The second-order valence-corrected chi connectivity index (χ2v) is 4.54. The van der Waals surface area contributed by atoms with Crippen LogP contribution in [-0.2, 0) is 0 Å². The van der Waals surface area contributed by atoms with E-state index in [0.717, 1.165) is 25.7 Å². The molecule has 0 bridgehead atoms. The van der Waals surface area contributed by atoms with E-state index < -0.39 is 5.97 Å². The van der Waals surface area contributed by atoms with Crippen LogP contribution in [-0.4, -0.2) is 40.1 Å². The van der Waals surface area contributed by atoms with Crippen LogP contribution in [0.3, 0.4) is 0 Å². The number of carboxylic acid groups (broad SMARTS) is 1. The normalized spacial score (nSPS) is 15.7. The molecular formula is C13H17N3O3. The zero-order valence-corrected chi connectivity index (χ0v) is 10.6. The van der Waals surface area contributed by atoms with Crippen molar-refractivity contribution in [1.82, 2.24) is 9.88 Å². The van der Waals surface area contributed by atoms with Gasteiger partial charge in [0.15, 0.2) is 5.69 Å². The summed E-state index contributed by atoms with van der Waals surface area (Å²) >= 11 is 0. The van der Waals surface area contributed by atoms with Crippen LogP contribution < -0.4 is 5.32 Å². The maximum Gasteiger partial charge on any atom is 0.356 e. The average molecular weight is 263 g/mol. The molecule has 2 N–H and O–H groups in total. The molecule has 102 valence electrons. The molecule has 1 aromatic heterocycles. The van der Waals surface area contributed by atoms with Gasteiger partial charge in [0.05, 0.1) is 5.69 Å². The van der Waals surface area contributed by atoms with Crippen LogP contribution in [0, 0.1) is 0 Å². The number of nitrogens with one attached hydrogen (secondary N) is 1. The number of amides is 2. The fourth-order valence-electron chi connectivity index (χ4n) is 2.14. The van der Waals surface area contributed by atoms with Gasteiger partial charge in [0, 0.05) is 19.3 Å². The van der Waals surface area contributed by atoms with Crippen molar-refractivity contribution in [2.45, 2.75) is 25.7 Å². The first-order valence-corrected chi connectivity index (χ1v) is 6.43. The average Bonchev–Trinajstić information content (AvgIpc) is 2.68. The Morgan fingerprint density at radius 2 is 1.89 bits per heavy atom. The standard InChI is InChI=1S/C13H17N3O3/c17-12(18)11-10(6-5-7-14-11)15-13(19)16-8-3-1-2-4-9-16/h5-7H,1-4,8-9H2,(H,15,19)(H,17,18). The second-order valence-electron chi connectivity index (χ2n) is 4.54. The van der Waals surface area contributed by atoms with Crippen LogP contribution in [0.25, 0.3) is 0 Å². The van der Waals surface area contributed by atoms with Crippen molar-refractivity contribution in [3.8, 4) is 0 Å². The third-order valence-electron chi connectivity index (χ3n) is 3.15. The van der Waals surface area contributed by atoms with E-state index in [1.807, 2.05) is 0 Å². The molecule has 0 atom stereocenters. The summed E-state index contributed by atoms with van der Waals surface area (Å²) in [5.74, 6) is -1.15. The van der Waals surface area contributed by atoms with Crippen LogP contribution in [0.5, 0.6) is 0 Å². The number of likely N-dealkylation sites (tertiary alicyclic amines) is 1. The highest BCUT2D eigenvalue weighted by atomic mass is 16.4. The number of anilines is 1. The smallest absolute Gasteiger partial charge is 0.356 e. The highest BCUT2D eigenvalue weighted by molar-refractivity contribution is 5.98. The van der Waals surface area contributed by atoms with Crippen molar-refractivity contribution < 1.29 is 14.7 Å². The van der Waals surface area contributed by atoms with Crippen molar-refractivity contribution in [3.63, 3.8) is 0 Å². The molecule has 19 heavy (non-hydrogen) atoms. The minimum absolute atomic E-state index is 0.134. The van der Waals surface area contributed by atoms with Crippen molar-refractivity contribution >= 4 is 17.7 Å². The Labute approximate surface area is 111 Å². The Hall–Kier alpha value is -2.11. The van der Waals surface area contributed by atoms with E-state index >= 15 is 0 Å². The molecule has 0 aliphatic carbocycles. The minimum Gasteiger partial charge on any atom is -0.476 e. The van der Waals surface area contributed by atoms with Gasteiger partial charge in [0.1, 0.15) is 0 Å². The Balaban J connectivity index is 2.07. The number of aromatic carboxylic acids is 1. The van der Waals surface area contributed by atoms with E-state index in [1.165, 1.54) is 6.20 Å². The zero-order chi connectivity index (χ0) is 13.7. The predicted molar refractivity (Wildman–Crippen MR) is 70.3 cm³/mol. The van der Waals surface area contributed by atoms with Crippen LogP contribution in [0.15, 0.2) is 18.3 Å². The number of aromatic nitrogens is 1. The third-order valence-corrected chi connectivity index (χ3v) is 3.15. The summed E-state index contributed by atoms with van der Waals surface area (Å²) in [6.07, 6.45) is 5.65. The SMILES string of the molecule is O=C(O)c1ncccc1NC(=O)N1CCCCCC1. The van der Waals surface area contributed by atoms with E-state index in [1.54, 1.807) is 17.0 Å². The fraction of sp³-hybridized carbons (Fsp3) is 0.462. The first kappa shape index (κ1) is 13.3. The van der Waals surface area contributed by atoms with Crippen LogP contribution in [0.4, 0.5) is 10.5 Å².